The molecule has 0 saturated carbocycles. The average Bonchev–Trinajstić information content (AvgIpc) is 2.89. The highest BCUT2D eigenvalue weighted by atomic mass is 32.2. The number of thioether (sulfide) groups is 1. The van der Waals surface area contributed by atoms with Gasteiger partial charge in [0, 0.05) is 38.1 Å². The molecule has 1 aliphatic rings. The van der Waals surface area contributed by atoms with Crippen LogP contribution in [-0.2, 0) is 0 Å². The topological polar surface area (TPSA) is 42.9 Å². The number of nitrogens with zero attached hydrogens (tertiary/aromatic N) is 3. The highest BCUT2D eigenvalue weighted by Gasteiger charge is 2.11. The second-order valence-corrected chi connectivity index (χ2v) is 8.10. The van der Waals surface area contributed by atoms with Gasteiger partial charge >= 0.3 is 0 Å². The standard InChI is InChI=1S/C20H34FN5S/c1-22-20(23-10-3-13-26-14-5-12-25(2)15-16-26)24-11-4-17-27-19-8-6-18(21)7-9-19/h6-9H,3-5,10-17H2,1-2H3,(H2,22,23,24). The zero-order chi connectivity index (χ0) is 19.3. The van der Waals surface area contributed by atoms with Crippen molar-refractivity contribution in [3.05, 3.63) is 30.1 Å². The average molecular weight is 396 g/mol. The smallest absolute Gasteiger partial charge is 0.190 e. The molecule has 1 saturated heterocycles. The fourth-order valence-corrected chi connectivity index (χ4v) is 3.91. The first-order chi connectivity index (χ1) is 13.2. The van der Waals surface area contributed by atoms with E-state index in [4.69, 9.17) is 0 Å². The molecule has 1 aromatic carbocycles. The summed E-state index contributed by atoms with van der Waals surface area (Å²) < 4.78 is 12.9. The van der Waals surface area contributed by atoms with Gasteiger partial charge in [-0.25, -0.2) is 4.39 Å². The van der Waals surface area contributed by atoms with Crippen molar-refractivity contribution < 1.29 is 4.39 Å². The van der Waals surface area contributed by atoms with Gasteiger partial charge in [-0.3, -0.25) is 4.99 Å². The van der Waals surface area contributed by atoms with E-state index in [0.29, 0.717) is 0 Å². The maximum Gasteiger partial charge on any atom is 0.190 e. The van der Waals surface area contributed by atoms with E-state index in [1.807, 2.05) is 19.2 Å². The van der Waals surface area contributed by atoms with Gasteiger partial charge in [-0.05, 0) is 76.0 Å². The second kappa shape index (κ2) is 13.0. The molecule has 152 valence electrons. The molecule has 0 atom stereocenters. The molecule has 1 aliphatic heterocycles. The molecule has 7 heteroatoms. The van der Waals surface area contributed by atoms with Crippen molar-refractivity contribution in [2.24, 2.45) is 4.99 Å². The van der Waals surface area contributed by atoms with Crippen LogP contribution in [0.2, 0.25) is 0 Å². The van der Waals surface area contributed by atoms with Gasteiger partial charge in [-0.15, -0.1) is 11.8 Å². The molecule has 0 spiro atoms. The number of rotatable bonds is 9. The van der Waals surface area contributed by atoms with E-state index in [0.717, 1.165) is 49.1 Å². The molecule has 1 fully saturated rings. The largest absolute Gasteiger partial charge is 0.356 e. The van der Waals surface area contributed by atoms with Crippen LogP contribution in [0, 0.1) is 5.82 Å². The molecule has 27 heavy (non-hydrogen) atoms. The Labute approximate surface area is 167 Å². The lowest BCUT2D eigenvalue weighted by Crippen LogP contribution is -2.39. The van der Waals surface area contributed by atoms with E-state index in [1.54, 1.807) is 11.8 Å². The molecule has 2 N–H and O–H groups in total. The fraction of sp³-hybridized carbons (Fsp3) is 0.650. The van der Waals surface area contributed by atoms with Crippen LogP contribution in [0.15, 0.2) is 34.2 Å². The zero-order valence-electron chi connectivity index (χ0n) is 16.7. The molecule has 0 aliphatic carbocycles. The molecule has 0 unspecified atom stereocenters. The van der Waals surface area contributed by atoms with Gasteiger partial charge in [0.2, 0.25) is 0 Å². The highest BCUT2D eigenvalue weighted by molar-refractivity contribution is 7.99. The fourth-order valence-electron chi connectivity index (χ4n) is 3.05. The van der Waals surface area contributed by atoms with Crippen LogP contribution in [0.5, 0.6) is 0 Å². The molecule has 1 aromatic rings. The first-order valence-corrected chi connectivity index (χ1v) is 10.9. The Kier molecular flexibility index (Phi) is 10.6. The number of guanidine groups is 1. The lowest BCUT2D eigenvalue weighted by Gasteiger charge is -2.20. The molecular weight excluding hydrogens is 361 g/mol. The van der Waals surface area contributed by atoms with E-state index < -0.39 is 0 Å². The van der Waals surface area contributed by atoms with Crippen molar-refractivity contribution >= 4 is 17.7 Å². The van der Waals surface area contributed by atoms with Gasteiger partial charge in [-0.1, -0.05) is 0 Å². The Morgan fingerprint density at radius 1 is 1.07 bits per heavy atom. The van der Waals surface area contributed by atoms with Gasteiger partial charge in [0.1, 0.15) is 5.82 Å². The maximum atomic E-state index is 12.9. The van der Waals surface area contributed by atoms with Gasteiger partial charge in [0.25, 0.3) is 0 Å². The van der Waals surface area contributed by atoms with Gasteiger partial charge in [0.05, 0.1) is 0 Å². The minimum absolute atomic E-state index is 0.181. The summed E-state index contributed by atoms with van der Waals surface area (Å²) in [4.78, 5) is 10.4. The van der Waals surface area contributed by atoms with Crippen LogP contribution in [0.25, 0.3) is 0 Å². The van der Waals surface area contributed by atoms with Crippen LogP contribution in [0.4, 0.5) is 4.39 Å². The third-order valence-corrected chi connectivity index (χ3v) is 5.77. The predicted molar refractivity (Wildman–Crippen MR) is 114 cm³/mol. The van der Waals surface area contributed by atoms with E-state index >= 15 is 0 Å². The lowest BCUT2D eigenvalue weighted by atomic mass is 10.3. The summed E-state index contributed by atoms with van der Waals surface area (Å²) in [5, 5.41) is 6.77. The van der Waals surface area contributed by atoms with Crippen molar-refractivity contribution in [1.29, 1.82) is 0 Å². The van der Waals surface area contributed by atoms with Crippen LogP contribution < -0.4 is 10.6 Å². The van der Waals surface area contributed by atoms with Gasteiger partial charge < -0.3 is 20.4 Å². The molecule has 0 radical (unpaired) electrons. The minimum atomic E-state index is -0.181. The number of likely N-dealkylation sites (N-methyl/N-ethyl adjacent to an activating group) is 1. The number of aliphatic imine (C=N–C) groups is 1. The number of halogens is 1. The summed E-state index contributed by atoms with van der Waals surface area (Å²) in [6.45, 7) is 7.74. The Balaban J connectivity index is 1.50. The SMILES string of the molecule is CN=C(NCCCSc1ccc(F)cc1)NCCCN1CCCN(C)CC1. The second-order valence-electron chi connectivity index (χ2n) is 6.93. The zero-order valence-corrected chi connectivity index (χ0v) is 17.5. The molecular formula is C20H34FN5S. The third-order valence-electron chi connectivity index (χ3n) is 4.68. The molecule has 0 amide bonds. The van der Waals surface area contributed by atoms with Crippen molar-refractivity contribution in [3.8, 4) is 0 Å². The van der Waals surface area contributed by atoms with Crippen molar-refractivity contribution in [1.82, 2.24) is 20.4 Å². The highest BCUT2D eigenvalue weighted by Crippen LogP contribution is 2.18. The number of hydrogen-bond acceptors (Lipinski definition) is 4. The summed E-state index contributed by atoms with van der Waals surface area (Å²) in [6.07, 6.45) is 3.43. The molecule has 0 aromatic heterocycles. The van der Waals surface area contributed by atoms with E-state index in [9.17, 15) is 4.39 Å². The summed E-state index contributed by atoms with van der Waals surface area (Å²) >= 11 is 1.75. The van der Waals surface area contributed by atoms with Crippen LogP contribution >= 0.6 is 11.8 Å². The monoisotopic (exact) mass is 395 g/mol. The van der Waals surface area contributed by atoms with E-state index in [-0.39, 0.29) is 5.82 Å². The van der Waals surface area contributed by atoms with Crippen molar-refractivity contribution in [3.63, 3.8) is 0 Å². The van der Waals surface area contributed by atoms with Crippen LogP contribution in [0.1, 0.15) is 19.3 Å². The third kappa shape index (κ3) is 9.44. The number of benzene rings is 1. The first-order valence-electron chi connectivity index (χ1n) is 9.91. The summed E-state index contributed by atoms with van der Waals surface area (Å²) in [5.74, 6) is 1.69. The van der Waals surface area contributed by atoms with Crippen LogP contribution in [0.3, 0.4) is 0 Å². The minimum Gasteiger partial charge on any atom is -0.356 e. The number of nitrogens with one attached hydrogen (secondary N) is 2. The molecule has 5 nitrogen and oxygen atoms in total. The summed E-state index contributed by atoms with van der Waals surface area (Å²) in [5.41, 5.74) is 0. The Morgan fingerprint density at radius 2 is 1.81 bits per heavy atom. The summed E-state index contributed by atoms with van der Waals surface area (Å²) in [7, 11) is 4.02. The normalized spacial score (nSPS) is 16.9. The van der Waals surface area contributed by atoms with Crippen LogP contribution in [-0.4, -0.2) is 81.4 Å². The molecule has 0 bridgehead atoms. The Morgan fingerprint density at radius 3 is 2.56 bits per heavy atom. The van der Waals surface area contributed by atoms with Crippen molar-refractivity contribution in [2.75, 3.05) is 65.7 Å². The number of hydrogen-bond donors (Lipinski definition) is 2. The molecule has 1 heterocycles. The Bertz CT molecular complexity index is 552. The van der Waals surface area contributed by atoms with E-state index in [1.165, 1.54) is 44.7 Å². The predicted octanol–water partition coefficient (Wildman–Crippen LogP) is 2.50. The quantitative estimate of drug-likeness (QED) is 0.291. The van der Waals surface area contributed by atoms with Crippen molar-refractivity contribution in [2.45, 2.75) is 24.2 Å². The summed E-state index contributed by atoms with van der Waals surface area (Å²) in [6, 6.07) is 6.68. The lowest BCUT2D eigenvalue weighted by molar-refractivity contribution is 0.274. The van der Waals surface area contributed by atoms with Gasteiger partial charge in [0.15, 0.2) is 5.96 Å². The van der Waals surface area contributed by atoms with Gasteiger partial charge in [-0.2, -0.15) is 0 Å². The maximum absolute atomic E-state index is 12.9. The first kappa shape index (κ1) is 22.0. The molecule has 2 rings (SSSR count). The Hall–Kier alpha value is -1.31. The van der Waals surface area contributed by atoms with E-state index in [2.05, 4.69) is 32.5 Å².